The van der Waals surface area contributed by atoms with E-state index in [2.05, 4.69) is 0 Å². The van der Waals surface area contributed by atoms with Gasteiger partial charge in [0.2, 0.25) is 0 Å². The van der Waals surface area contributed by atoms with Crippen molar-refractivity contribution in [1.82, 2.24) is 0 Å². The second kappa shape index (κ2) is 6.85. The van der Waals surface area contributed by atoms with E-state index in [0.29, 0.717) is 6.61 Å². The molecule has 1 saturated carbocycles. The Bertz CT molecular complexity index is 749. The van der Waals surface area contributed by atoms with Gasteiger partial charge in [-0.1, -0.05) is 54.6 Å². The van der Waals surface area contributed by atoms with Crippen LogP contribution in [0.3, 0.4) is 0 Å². The van der Waals surface area contributed by atoms with Gasteiger partial charge in [-0.3, -0.25) is 0 Å². The molecule has 1 atom stereocenters. The van der Waals surface area contributed by atoms with Crippen molar-refractivity contribution in [2.24, 2.45) is 5.92 Å². The highest BCUT2D eigenvalue weighted by Crippen LogP contribution is 2.46. The smallest absolute Gasteiger partial charge is 0.161 e. The zero-order valence-electron chi connectivity index (χ0n) is 13.3. The molecule has 0 aliphatic heterocycles. The fourth-order valence-corrected chi connectivity index (χ4v) is 5.44. The van der Waals surface area contributed by atoms with Crippen LogP contribution in [-0.2, 0) is 26.9 Å². The van der Waals surface area contributed by atoms with Crippen LogP contribution in [0.15, 0.2) is 54.6 Å². The van der Waals surface area contributed by atoms with Gasteiger partial charge in [-0.05, 0) is 35.4 Å². The van der Waals surface area contributed by atoms with E-state index in [-0.39, 0.29) is 16.9 Å². The Morgan fingerprint density at radius 3 is 2.22 bits per heavy atom. The zero-order chi connectivity index (χ0) is 16.3. The van der Waals surface area contributed by atoms with Crippen LogP contribution < -0.4 is 0 Å². The summed E-state index contributed by atoms with van der Waals surface area (Å²) in [6, 6.07) is 17.2. The molecule has 122 valence electrons. The summed E-state index contributed by atoms with van der Waals surface area (Å²) in [5.74, 6) is 0.333. The van der Waals surface area contributed by atoms with Crippen molar-refractivity contribution < 1.29 is 13.2 Å². The highest BCUT2D eigenvalue weighted by Gasteiger charge is 2.41. The van der Waals surface area contributed by atoms with Gasteiger partial charge in [-0.2, -0.15) is 0 Å². The first-order valence-corrected chi connectivity index (χ1v) is 9.65. The quantitative estimate of drug-likeness (QED) is 0.773. The molecule has 1 fully saturated rings. The molecular weight excluding hydrogens is 308 g/mol. The average Bonchev–Trinajstić information content (AvgIpc) is 3.35. The minimum Gasteiger partial charge on any atom is -0.380 e. The summed E-state index contributed by atoms with van der Waals surface area (Å²) >= 11 is 0. The van der Waals surface area contributed by atoms with Crippen LogP contribution in [0.2, 0.25) is 0 Å². The SMILES string of the molecule is COCc1ccccc1CS(=O)(=O)C(c1ccccc1)C1CC1. The van der Waals surface area contributed by atoms with Crippen LogP contribution in [0.1, 0.15) is 34.8 Å². The molecule has 0 radical (unpaired) electrons. The van der Waals surface area contributed by atoms with Crippen LogP contribution in [0.25, 0.3) is 0 Å². The molecule has 23 heavy (non-hydrogen) atoms. The van der Waals surface area contributed by atoms with Crippen molar-refractivity contribution in [3.63, 3.8) is 0 Å². The molecule has 0 aromatic heterocycles. The average molecular weight is 330 g/mol. The van der Waals surface area contributed by atoms with Crippen LogP contribution >= 0.6 is 0 Å². The summed E-state index contributed by atoms with van der Waals surface area (Å²) in [7, 11) is -1.63. The van der Waals surface area contributed by atoms with Gasteiger partial charge in [0.15, 0.2) is 9.84 Å². The summed E-state index contributed by atoms with van der Waals surface area (Å²) in [4.78, 5) is 0. The Morgan fingerprint density at radius 2 is 1.61 bits per heavy atom. The topological polar surface area (TPSA) is 43.4 Å². The standard InChI is InChI=1S/C19H22O3S/c1-22-13-17-9-5-6-10-18(17)14-23(20,21)19(16-11-12-16)15-7-3-2-4-8-15/h2-10,16,19H,11-14H2,1H3. The van der Waals surface area contributed by atoms with Crippen molar-refractivity contribution in [2.75, 3.05) is 7.11 Å². The number of rotatable bonds is 7. The summed E-state index contributed by atoms with van der Waals surface area (Å²) < 4.78 is 31.4. The molecule has 0 bridgehead atoms. The third-order valence-corrected chi connectivity index (χ3v) is 6.48. The predicted octanol–water partition coefficient (Wildman–Crippen LogP) is 3.90. The summed E-state index contributed by atoms with van der Waals surface area (Å²) in [5, 5.41) is -0.390. The molecule has 3 rings (SSSR count). The summed E-state index contributed by atoms with van der Waals surface area (Å²) in [5.41, 5.74) is 2.70. The van der Waals surface area contributed by atoms with E-state index in [1.165, 1.54) is 0 Å². The Morgan fingerprint density at radius 1 is 1.00 bits per heavy atom. The Hall–Kier alpha value is -1.65. The zero-order valence-corrected chi connectivity index (χ0v) is 14.1. The van der Waals surface area contributed by atoms with Crippen LogP contribution in [0.5, 0.6) is 0 Å². The summed E-state index contributed by atoms with van der Waals surface area (Å²) in [6.45, 7) is 0.436. The van der Waals surface area contributed by atoms with E-state index in [0.717, 1.165) is 29.5 Å². The van der Waals surface area contributed by atoms with Gasteiger partial charge in [0, 0.05) is 7.11 Å². The van der Waals surface area contributed by atoms with Crippen LogP contribution in [0, 0.1) is 5.92 Å². The Balaban J connectivity index is 1.91. The minimum absolute atomic E-state index is 0.0720. The molecule has 1 aliphatic carbocycles. The molecule has 2 aromatic rings. The normalized spacial score (nSPS) is 16.2. The van der Waals surface area contributed by atoms with Crippen molar-refractivity contribution in [2.45, 2.75) is 30.5 Å². The third kappa shape index (κ3) is 3.82. The molecule has 2 aromatic carbocycles. The lowest BCUT2D eigenvalue weighted by atomic mass is 10.1. The molecule has 3 nitrogen and oxygen atoms in total. The van der Waals surface area contributed by atoms with E-state index in [4.69, 9.17) is 4.74 Å². The lowest BCUT2D eigenvalue weighted by molar-refractivity contribution is 0.184. The molecule has 1 unspecified atom stereocenters. The monoisotopic (exact) mass is 330 g/mol. The Kier molecular flexibility index (Phi) is 4.83. The lowest BCUT2D eigenvalue weighted by Gasteiger charge is -2.19. The number of hydrogen-bond donors (Lipinski definition) is 0. The van der Waals surface area contributed by atoms with Crippen molar-refractivity contribution in [3.05, 3.63) is 71.3 Å². The second-order valence-electron chi connectivity index (χ2n) is 6.18. The molecule has 4 heteroatoms. The number of ether oxygens (including phenoxy) is 1. The van der Waals surface area contributed by atoms with E-state index in [1.807, 2.05) is 54.6 Å². The number of sulfone groups is 1. The largest absolute Gasteiger partial charge is 0.380 e. The first-order valence-electron chi connectivity index (χ1n) is 7.94. The molecule has 0 heterocycles. The maximum Gasteiger partial charge on any atom is 0.161 e. The molecule has 0 saturated heterocycles. The maximum atomic E-state index is 13.1. The molecule has 0 amide bonds. The van der Waals surface area contributed by atoms with Crippen LogP contribution in [-0.4, -0.2) is 15.5 Å². The van der Waals surface area contributed by atoms with Gasteiger partial charge in [0.05, 0.1) is 17.6 Å². The van der Waals surface area contributed by atoms with Gasteiger partial charge < -0.3 is 4.74 Å². The highest BCUT2D eigenvalue weighted by atomic mass is 32.2. The van der Waals surface area contributed by atoms with Gasteiger partial charge >= 0.3 is 0 Å². The second-order valence-corrected chi connectivity index (χ2v) is 8.30. The van der Waals surface area contributed by atoms with E-state index in [9.17, 15) is 8.42 Å². The highest BCUT2D eigenvalue weighted by molar-refractivity contribution is 7.90. The number of benzene rings is 2. The molecule has 0 N–H and O–H groups in total. The minimum atomic E-state index is -3.26. The lowest BCUT2D eigenvalue weighted by Crippen LogP contribution is -2.18. The third-order valence-electron chi connectivity index (χ3n) is 4.34. The summed E-state index contributed by atoms with van der Waals surface area (Å²) in [6.07, 6.45) is 2.00. The van der Waals surface area contributed by atoms with Crippen molar-refractivity contribution in [3.8, 4) is 0 Å². The molecule has 1 aliphatic rings. The van der Waals surface area contributed by atoms with Gasteiger partial charge in [0.1, 0.15) is 0 Å². The first-order chi connectivity index (χ1) is 11.1. The maximum absolute atomic E-state index is 13.1. The first kappa shape index (κ1) is 16.2. The van der Waals surface area contributed by atoms with Gasteiger partial charge in [-0.25, -0.2) is 8.42 Å². The predicted molar refractivity (Wildman–Crippen MR) is 91.7 cm³/mol. The van der Waals surface area contributed by atoms with Gasteiger partial charge in [-0.15, -0.1) is 0 Å². The fraction of sp³-hybridized carbons (Fsp3) is 0.368. The van der Waals surface area contributed by atoms with Gasteiger partial charge in [0.25, 0.3) is 0 Å². The van der Waals surface area contributed by atoms with E-state index < -0.39 is 9.84 Å². The van der Waals surface area contributed by atoms with E-state index in [1.54, 1.807) is 7.11 Å². The van der Waals surface area contributed by atoms with Crippen molar-refractivity contribution >= 4 is 9.84 Å². The van der Waals surface area contributed by atoms with E-state index >= 15 is 0 Å². The molecular formula is C19H22O3S. The Labute approximate surface area is 138 Å². The number of methoxy groups -OCH3 is 1. The fourth-order valence-electron chi connectivity index (χ4n) is 3.12. The number of hydrogen-bond acceptors (Lipinski definition) is 3. The molecule has 0 spiro atoms. The van der Waals surface area contributed by atoms with Crippen molar-refractivity contribution in [1.29, 1.82) is 0 Å². The van der Waals surface area contributed by atoms with Crippen LogP contribution in [0.4, 0.5) is 0 Å².